The molecule has 2 unspecified atom stereocenters. The van der Waals surface area contributed by atoms with Crippen LogP contribution in [0.1, 0.15) is 6.92 Å². The first-order chi connectivity index (χ1) is 8.40. The van der Waals surface area contributed by atoms with Gasteiger partial charge < -0.3 is 24.8 Å². The first-order valence-electron chi connectivity index (χ1n) is 5.61. The van der Waals surface area contributed by atoms with Crippen molar-refractivity contribution < 1.29 is 24.2 Å². The van der Waals surface area contributed by atoms with Crippen LogP contribution in [-0.2, 0) is 19.1 Å². The first kappa shape index (κ1) is 16.8. The van der Waals surface area contributed by atoms with E-state index in [-0.39, 0.29) is 19.1 Å². The van der Waals surface area contributed by atoms with Crippen molar-refractivity contribution in [1.29, 1.82) is 0 Å². The highest BCUT2D eigenvalue weighted by molar-refractivity contribution is 5.83. The molecule has 7 heteroatoms. The van der Waals surface area contributed by atoms with Crippen LogP contribution in [0.15, 0.2) is 0 Å². The van der Waals surface area contributed by atoms with Gasteiger partial charge in [-0.2, -0.15) is 0 Å². The summed E-state index contributed by atoms with van der Waals surface area (Å²) >= 11 is 0. The summed E-state index contributed by atoms with van der Waals surface area (Å²) < 4.78 is 9.40. The molecule has 0 rings (SSSR count). The van der Waals surface area contributed by atoms with Crippen molar-refractivity contribution in [3.8, 4) is 0 Å². The molecule has 0 radical (unpaired) electrons. The molecule has 0 aliphatic carbocycles. The summed E-state index contributed by atoms with van der Waals surface area (Å²) in [5, 5.41) is 12.0. The third-order valence-corrected chi connectivity index (χ3v) is 2.24. The van der Waals surface area contributed by atoms with Crippen LogP contribution in [0, 0.1) is 0 Å². The molecule has 0 spiro atoms. The number of hydrogen-bond acceptors (Lipinski definition) is 6. The van der Waals surface area contributed by atoms with Gasteiger partial charge in [0.2, 0.25) is 5.91 Å². The van der Waals surface area contributed by atoms with Gasteiger partial charge in [0.1, 0.15) is 6.04 Å². The van der Waals surface area contributed by atoms with Gasteiger partial charge in [0, 0.05) is 27.1 Å². The average Bonchev–Trinajstić information content (AvgIpc) is 2.26. The molecule has 18 heavy (non-hydrogen) atoms. The molecule has 106 valence electrons. The Morgan fingerprint density at radius 2 is 1.94 bits per heavy atom. The molecule has 0 aliphatic heterocycles. The number of hydrogen-bond donors (Lipinski definition) is 2. The molecule has 0 aromatic rings. The fourth-order valence-electron chi connectivity index (χ4n) is 1.56. The molecule has 7 nitrogen and oxygen atoms in total. The summed E-state index contributed by atoms with van der Waals surface area (Å²) in [5.74, 6) is -0.825. The highest BCUT2D eigenvalue weighted by Crippen LogP contribution is 1.96. The van der Waals surface area contributed by atoms with Gasteiger partial charge in [-0.05, 0) is 7.05 Å². The van der Waals surface area contributed by atoms with Crippen LogP contribution in [0.3, 0.4) is 0 Å². The quantitative estimate of drug-likeness (QED) is 0.523. The van der Waals surface area contributed by atoms with E-state index >= 15 is 0 Å². The van der Waals surface area contributed by atoms with E-state index in [0.29, 0.717) is 6.54 Å². The van der Waals surface area contributed by atoms with Crippen LogP contribution in [0.25, 0.3) is 0 Å². The summed E-state index contributed by atoms with van der Waals surface area (Å²) in [6.07, 6.45) is -0.643. The Morgan fingerprint density at radius 1 is 1.33 bits per heavy atom. The standard InChI is InChI=1S/C11H22N2O5/c1-8(14)12-10(11(16)18-4)6-13(2)5-9(15)7-17-3/h9-10,15H,5-7H2,1-4H3,(H,12,14). The third-order valence-electron chi connectivity index (χ3n) is 2.24. The van der Waals surface area contributed by atoms with E-state index in [1.807, 2.05) is 0 Å². The number of carbonyl (C=O) groups excluding carboxylic acids is 2. The predicted octanol–water partition coefficient (Wildman–Crippen LogP) is -1.40. The zero-order valence-corrected chi connectivity index (χ0v) is 11.3. The van der Waals surface area contributed by atoms with E-state index in [0.717, 1.165) is 0 Å². The molecule has 0 aliphatic rings. The van der Waals surface area contributed by atoms with Crippen LogP contribution >= 0.6 is 0 Å². The van der Waals surface area contributed by atoms with Crippen molar-refractivity contribution in [2.45, 2.75) is 19.1 Å². The summed E-state index contributed by atoms with van der Waals surface area (Å²) in [5.41, 5.74) is 0. The Hall–Kier alpha value is -1.18. The van der Waals surface area contributed by atoms with Crippen LogP contribution in [0.5, 0.6) is 0 Å². The minimum atomic E-state index is -0.743. The number of likely N-dealkylation sites (N-methyl/N-ethyl adjacent to an activating group) is 1. The molecule has 0 aromatic carbocycles. The normalized spacial score (nSPS) is 14.1. The van der Waals surface area contributed by atoms with Gasteiger partial charge in [0.05, 0.1) is 19.8 Å². The molecule has 0 bridgehead atoms. The van der Waals surface area contributed by atoms with Crippen molar-refractivity contribution in [2.24, 2.45) is 0 Å². The Bertz CT molecular complexity index is 272. The largest absolute Gasteiger partial charge is 0.467 e. The lowest BCUT2D eigenvalue weighted by atomic mass is 10.2. The number of nitrogens with zero attached hydrogens (tertiary/aromatic N) is 1. The fourth-order valence-corrected chi connectivity index (χ4v) is 1.56. The lowest BCUT2D eigenvalue weighted by Gasteiger charge is -2.24. The summed E-state index contributed by atoms with van der Waals surface area (Å²) in [7, 11) is 4.49. The number of carbonyl (C=O) groups is 2. The van der Waals surface area contributed by atoms with Crippen molar-refractivity contribution in [3.63, 3.8) is 0 Å². The van der Waals surface area contributed by atoms with E-state index in [1.165, 1.54) is 21.1 Å². The minimum absolute atomic E-state index is 0.216. The Kier molecular flexibility index (Phi) is 8.27. The van der Waals surface area contributed by atoms with Crippen molar-refractivity contribution >= 4 is 11.9 Å². The first-order valence-corrected chi connectivity index (χ1v) is 5.61. The SMILES string of the molecule is COCC(O)CN(C)CC(NC(C)=O)C(=O)OC. The fraction of sp³-hybridized carbons (Fsp3) is 0.818. The number of aliphatic hydroxyl groups excluding tert-OH is 1. The van der Waals surface area contributed by atoms with Crippen LogP contribution in [0.4, 0.5) is 0 Å². The van der Waals surface area contributed by atoms with Crippen LogP contribution in [-0.4, -0.2) is 75.0 Å². The lowest BCUT2D eigenvalue weighted by Crippen LogP contribution is -2.49. The van der Waals surface area contributed by atoms with Gasteiger partial charge in [0.15, 0.2) is 0 Å². The van der Waals surface area contributed by atoms with Crippen LogP contribution < -0.4 is 5.32 Å². The predicted molar refractivity (Wildman–Crippen MR) is 65.0 cm³/mol. The number of aliphatic hydroxyl groups is 1. The number of amides is 1. The topological polar surface area (TPSA) is 88.1 Å². The maximum atomic E-state index is 11.4. The highest BCUT2D eigenvalue weighted by Gasteiger charge is 2.22. The summed E-state index contributed by atoms with van der Waals surface area (Å²) in [6, 6.07) is -0.743. The van der Waals surface area contributed by atoms with Gasteiger partial charge in [-0.3, -0.25) is 4.79 Å². The maximum absolute atomic E-state index is 11.4. The second-order valence-corrected chi connectivity index (χ2v) is 4.11. The molecule has 0 aromatic heterocycles. The van der Waals surface area contributed by atoms with Crippen molar-refractivity contribution in [2.75, 3.05) is 41.0 Å². The summed E-state index contributed by atoms with van der Waals surface area (Å²) in [6.45, 7) is 2.14. The number of nitrogens with one attached hydrogen (secondary N) is 1. The lowest BCUT2D eigenvalue weighted by molar-refractivity contribution is -0.145. The number of ether oxygens (including phenoxy) is 2. The minimum Gasteiger partial charge on any atom is -0.467 e. The molecular weight excluding hydrogens is 240 g/mol. The number of rotatable bonds is 8. The Balaban J connectivity index is 4.29. The van der Waals surface area contributed by atoms with E-state index in [1.54, 1.807) is 11.9 Å². The van der Waals surface area contributed by atoms with Gasteiger partial charge in [-0.25, -0.2) is 4.79 Å². The van der Waals surface area contributed by atoms with Gasteiger partial charge in [0.25, 0.3) is 0 Å². The van der Waals surface area contributed by atoms with Crippen molar-refractivity contribution in [3.05, 3.63) is 0 Å². The Labute approximate surface area is 107 Å². The van der Waals surface area contributed by atoms with E-state index in [4.69, 9.17) is 4.74 Å². The van der Waals surface area contributed by atoms with E-state index < -0.39 is 18.1 Å². The van der Waals surface area contributed by atoms with Crippen molar-refractivity contribution in [1.82, 2.24) is 10.2 Å². The highest BCUT2D eigenvalue weighted by atomic mass is 16.5. The molecule has 2 N–H and O–H groups in total. The molecule has 0 heterocycles. The third kappa shape index (κ3) is 7.21. The molecule has 0 fully saturated rings. The van der Waals surface area contributed by atoms with Gasteiger partial charge >= 0.3 is 5.97 Å². The van der Waals surface area contributed by atoms with Gasteiger partial charge in [-0.15, -0.1) is 0 Å². The van der Waals surface area contributed by atoms with Gasteiger partial charge in [-0.1, -0.05) is 0 Å². The second kappa shape index (κ2) is 8.84. The zero-order valence-electron chi connectivity index (χ0n) is 11.3. The number of methoxy groups -OCH3 is 2. The number of esters is 1. The van der Waals surface area contributed by atoms with Crippen LogP contribution in [0.2, 0.25) is 0 Å². The smallest absolute Gasteiger partial charge is 0.329 e. The zero-order chi connectivity index (χ0) is 14.1. The second-order valence-electron chi connectivity index (χ2n) is 4.11. The average molecular weight is 262 g/mol. The Morgan fingerprint density at radius 3 is 2.39 bits per heavy atom. The maximum Gasteiger partial charge on any atom is 0.329 e. The molecule has 1 amide bonds. The van der Waals surface area contributed by atoms with E-state index in [9.17, 15) is 14.7 Å². The molecule has 0 saturated heterocycles. The monoisotopic (exact) mass is 262 g/mol. The van der Waals surface area contributed by atoms with E-state index in [2.05, 4.69) is 10.1 Å². The molecular formula is C11H22N2O5. The molecule has 0 saturated carbocycles. The molecule has 2 atom stereocenters. The summed E-state index contributed by atoms with van der Waals surface area (Å²) in [4.78, 5) is 24.1.